The van der Waals surface area contributed by atoms with E-state index in [4.69, 9.17) is 4.74 Å². The SMILES string of the molecule is COC(=O)c1ccc([C@H]2C[C@@](C)(c3ccccc3O)N3C(=O)CCN23)cc1. The van der Waals surface area contributed by atoms with Gasteiger partial charge in [-0.05, 0) is 37.1 Å². The Bertz CT molecular complexity index is 895. The third kappa shape index (κ3) is 2.68. The molecule has 2 fully saturated rings. The molecule has 140 valence electrons. The van der Waals surface area contributed by atoms with Crippen molar-refractivity contribution in [2.45, 2.75) is 31.3 Å². The van der Waals surface area contributed by atoms with E-state index >= 15 is 0 Å². The van der Waals surface area contributed by atoms with E-state index in [1.807, 2.05) is 31.2 Å². The standard InChI is InChI=1S/C21H22N2O4/c1-21(16-5-3-4-6-18(16)24)13-17(22-12-11-19(25)23(21)22)14-7-9-15(10-8-14)20(26)27-2/h3-10,17,24H,11-13H2,1-2H3/t17-,21+/m1/s1. The second kappa shape index (κ2) is 6.39. The Kier molecular flexibility index (Phi) is 4.15. The summed E-state index contributed by atoms with van der Waals surface area (Å²) in [4.78, 5) is 24.3. The van der Waals surface area contributed by atoms with Crippen molar-refractivity contribution in [1.82, 2.24) is 10.0 Å². The van der Waals surface area contributed by atoms with E-state index in [1.165, 1.54) is 7.11 Å². The summed E-state index contributed by atoms with van der Waals surface area (Å²) in [7, 11) is 1.36. The number of phenols is 1. The van der Waals surface area contributed by atoms with Crippen molar-refractivity contribution in [2.24, 2.45) is 0 Å². The molecule has 0 unspecified atom stereocenters. The van der Waals surface area contributed by atoms with Crippen molar-refractivity contribution in [3.8, 4) is 5.75 Å². The van der Waals surface area contributed by atoms with Crippen LogP contribution in [0.5, 0.6) is 5.75 Å². The molecule has 1 amide bonds. The highest BCUT2D eigenvalue weighted by Crippen LogP contribution is 2.52. The van der Waals surface area contributed by atoms with Crippen molar-refractivity contribution >= 4 is 11.9 Å². The summed E-state index contributed by atoms with van der Waals surface area (Å²) in [6.07, 6.45) is 1.12. The smallest absolute Gasteiger partial charge is 0.337 e. The maximum absolute atomic E-state index is 12.7. The molecule has 2 aliphatic rings. The molecule has 27 heavy (non-hydrogen) atoms. The predicted octanol–water partition coefficient (Wildman–Crippen LogP) is 2.99. The van der Waals surface area contributed by atoms with E-state index in [-0.39, 0.29) is 23.7 Å². The van der Waals surface area contributed by atoms with E-state index < -0.39 is 5.54 Å². The first-order valence-corrected chi connectivity index (χ1v) is 9.02. The van der Waals surface area contributed by atoms with E-state index in [0.29, 0.717) is 24.9 Å². The largest absolute Gasteiger partial charge is 0.508 e. The van der Waals surface area contributed by atoms with Gasteiger partial charge in [0.2, 0.25) is 5.91 Å². The summed E-state index contributed by atoms with van der Waals surface area (Å²) in [5, 5.41) is 14.3. The molecule has 6 nitrogen and oxygen atoms in total. The summed E-state index contributed by atoms with van der Waals surface area (Å²) in [5.74, 6) is -0.110. The number of ether oxygens (including phenoxy) is 1. The molecule has 1 N–H and O–H groups in total. The first kappa shape index (κ1) is 17.5. The molecule has 0 aromatic heterocycles. The maximum Gasteiger partial charge on any atom is 0.337 e. The number of nitrogens with zero attached hydrogens (tertiary/aromatic N) is 2. The number of benzene rings is 2. The molecule has 0 aliphatic carbocycles. The number of phenolic OH excluding ortho intramolecular Hbond substituents is 1. The van der Waals surface area contributed by atoms with Gasteiger partial charge in [0.1, 0.15) is 5.75 Å². The number of rotatable bonds is 3. The van der Waals surface area contributed by atoms with Crippen LogP contribution >= 0.6 is 0 Å². The molecular weight excluding hydrogens is 344 g/mol. The number of hydrogen-bond donors (Lipinski definition) is 1. The second-order valence-corrected chi connectivity index (χ2v) is 7.24. The van der Waals surface area contributed by atoms with Crippen molar-refractivity contribution in [3.05, 3.63) is 65.2 Å². The van der Waals surface area contributed by atoms with Gasteiger partial charge >= 0.3 is 5.97 Å². The second-order valence-electron chi connectivity index (χ2n) is 7.24. The number of hydrazine groups is 1. The minimum Gasteiger partial charge on any atom is -0.508 e. The van der Waals surface area contributed by atoms with Crippen LogP contribution in [0.2, 0.25) is 0 Å². The fourth-order valence-corrected chi connectivity index (χ4v) is 4.38. The fraction of sp³-hybridized carbons (Fsp3) is 0.333. The molecule has 2 aliphatic heterocycles. The minimum atomic E-state index is -0.620. The molecule has 0 saturated carbocycles. The number of esters is 1. The summed E-state index contributed by atoms with van der Waals surface area (Å²) in [6, 6.07) is 14.5. The van der Waals surface area contributed by atoms with Crippen molar-refractivity contribution in [3.63, 3.8) is 0 Å². The van der Waals surface area contributed by atoms with Crippen LogP contribution in [-0.2, 0) is 15.1 Å². The number of methoxy groups -OCH3 is 1. The summed E-state index contributed by atoms with van der Waals surface area (Å²) < 4.78 is 4.76. The van der Waals surface area contributed by atoms with Gasteiger partial charge < -0.3 is 9.84 Å². The molecule has 6 heteroatoms. The molecular formula is C21H22N2O4. The number of para-hydroxylation sites is 1. The lowest BCUT2D eigenvalue weighted by atomic mass is 9.84. The Hall–Kier alpha value is -2.86. The molecule has 2 atom stereocenters. The summed E-state index contributed by atoms with van der Waals surface area (Å²) in [5.41, 5.74) is 1.66. The third-order valence-corrected chi connectivity index (χ3v) is 5.67. The monoisotopic (exact) mass is 366 g/mol. The van der Waals surface area contributed by atoms with Gasteiger partial charge in [0.15, 0.2) is 0 Å². The van der Waals surface area contributed by atoms with Crippen molar-refractivity contribution in [1.29, 1.82) is 0 Å². The first-order valence-electron chi connectivity index (χ1n) is 9.02. The van der Waals surface area contributed by atoms with E-state index in [9.17, 15) is 14.7 Å². The molecule has 0 spiro atoms. The zero-order chi connectivity index (χ0) is 19.2. The van der Waals surface area contributed by atoms with Gasteiger partial charge in [0, 0.05) is 18.5 Å². The Labute approximate surface area is 157 Å². The van der Waals surface area contributed by atoms with Gasteiger partial charge in [-0.2, -0.15) is 0 Å². The van der Waals surface area contributed by atoms with Crippen LogP contribution in [0, 0.1) is 0 Å². The molecule has 2 aromatic rings. The molecule has 2 heterocycles. The predicted molar refractivity (Wildman–Crippen MR) is 98.8 cm³/mol. The Morgan fingerprint density at radius 1 is 1.19 bits per heavy atom. The lowest BCUT2D eigenvalue weighted by Crippen LogP contribution is -2.44. The van der Waals surface area contributed by atoms with Gasteiger partial charge in [-0.25, -0.2) is 9.80 Å². The van der Waals surface area contributed by atoms with Crippen LogP contribution < -0.4 is 0 Å². The van der Waals surface area contributed by atoms with Crippen LogP contribution in [-0.4, -0.2) is 40.7 Å². The van der Waals surface area contributed by atoms with E-state index in [2.05, 4.69) is 5.01 Å². The average Bonchev–Trinajstić information content (AvgIpc) is 3.21. The zero-order valence-electron chi connectivity index (χ0n) is 15.4. The van der Waals surface area contributed by atoms with Crippen LogP contribution in [0.3, 0.4) is 0 Å². The van der Waals surface area contributed by atoms with Crippen LogP contribution in [0.4, 0.5) is 0 Å². The number of aromatic hydroxyl groups is 1. The number of amides is 1. The highest BCUT2D eigenvalue weighted by molar-refractivity contribution is 5.89. The van der Waals surface area contributed by atoms with Gasteiger partial charge in [0.05, 0.1) is 24.3 Å². The van der Waals surface area contributed by atoms with Crippen molar-refractivity contribution in [2.75, 3.05) is 13.7 Å². The normalized spacial score (nSPS) is 24.9. The van der Waals surface area contributed by atoms with E-state index in [1.54, 1.807) is 29.3 Å². The van der Waals surface area contributed by atoms with Crippen LogP contribution in [0.1, 0.15) is 47.3 Å². The summed E-state index contributed by atoms with van der Waals surface area (Å²) in [6.45, 7) is 2.65. The highest BCUT2D eigenvalue weighted by atomic mass is 16.5. The van der Waals surface area contributed by atoms with Gasteiger partial charge in [-0.3, -0.25) is 9.80 Å². The van der Waals surface area contributed by atoms with E-state index in [0.717, 1.165) is 11.1 Å². The molecule has 4 rings (SSSR count). The number of carbonyl (C=O) groups excluding carboxylic acids is 2. The summed E-state index contributed by atoms with van der Waals surface area (Å²) >= 11 is 0. The van der Waals surface area contributed by atoms with Gasteiger partial charge in [0.25, 0.3) is 0 Å². The maximum atomic E-state index is 12.7. The number of carbonyl (C=O) groups is 2. The molecule has 2 saturated heterocycles. The Morgan fingerprint density at radius 3 is 2.56 bits per heavy atom. The van der Waals surface area contributed by atoms with Gasteiger partial charge in [-0.15, -0.1) is 0 Å². The lowest BCUT2D eigenvalue weighted by molar-refractivity contribution is -0.144. The quantitative estimate of drug-likeness (QED) is 0.846. The highest BCUT2D eigenvalue weighted by Gasteiger charge is 2.54. The minimum absolute atomic E-state index is 0.00671. The fourth-order valence-electron chi connectivity index (χ4n) is 4.38. The third-order valence-electron chi connectivity index (χ3n) is 5.67. The molecule has 0 bridgehead atoms. The van der Waals surface area contributed by atoms with Crippen molar-refractivity contribution < 1.29 is 19.4 Å². The van der Waals surface area contributed by atoms with Crippen LogP contribution in [0.15, 0.2) is 48.5 Å². The first-order chi connectivity index (χ1) is 13.0. The zero-order valence-corrected chi connectivity index (χ0v) is 15.4. The molecule has 2 aromatic carbocycles. The average molecular weight is 366 g/mol. The van der Waals surface area contributed by atoms with Gasteiger partial charge in [-0.1, -0.05) is 30.3 Å². The number of fused-ring (bicyclic) bond motifs is 1. The van der Waals surface area contributed by atoms with Crippen LogP contribution in [0.25, 0.3) is 0 Å². The number of hydrogen-bond acceptors (Lipinski definition) is 5. The lowest BCUT2D eigenvalue weighted by Gasteiger charge is -2.35. The topological polar surface area (TPSA) is 70.1 Å². The Balaban J connectivity index is 1.73. The molecule has 0 radical (unpaired) electrons. The Morgan fingerprint density at radius 2 is 1.89 bits per heavy atom.